The van der Waals surface area contributed by atoms with Gasteiger partial charge < -0.3 is 85.7 Å². The molecule has 0 rings (SSSR count). The van der Waals surface area contributed by atoms with Crippen molar-refractivity contribution in [2.75, 3.05) is 44.8 Å². The van der Waals surface area contributed by atoms with Gasteiger partial charge in [0.2, 0.25) is 59.1 Å². The number of rotatable bonds is 35. The maximum absolute atomic E-state index is 13.6. The molecule has 29 nitrogen and oxygen atoms in total. The van der Waals surface area contributed by atoms with Gasteiger partial charge in [0, 0.05) is 6.54 Å². The highest BCUT2D eigenvalue weighted by molar-refractivity contribution is 7.98. The molecule has 0 aromatic carbocycles. The summed E-state index contributed by atoms with van der Waals surface area (Å²) in [6.07, 6.45) is 0.576. The first-order valence-electron chi connectivity index (χ1n) is 22.0. The molecule has 0 bridgehead atoms. The van der Waals surface area contributed by atoms with E-state index >= 15 is 0 Å². The van der Waals surface area contributed by atoms with E-state index in [0.29, 0.717) is 12.2 Å². The lowest BCUT2D eigenvalue weighted by atomic mass is 9.99. The molecule has 0 aromatic rings. The number of aliphatic hydroxyl groups is 1. The predicted octanol–water partition coefficient (Wildman–Crippen LogP) is -6.89. The molecule has 0 unspecified atom stereocenters. The Morgan fingerprint density at radius 2 is 0.986 bits per heavy atom. The maximum atomic E-state index is 13.6. The number of carbonyl (C=O) groups excluding carboxylic acids is 10. The summed E-state index contributed by atoms with van der Waals surface area (Å²) in [5.41, 5.74) is 16.5. The van der Waals surface area contributed by atoms with E-state index < -0.39 is 152 Å². The third-order valence-electron chi connectivity index (χ3n) is 9.44. The number of aliphatic carboxylic acids is 2. The Kier molecular flexibility index (Phi) is 30.4. The minimum absolute atomic E-state index is 0.0165. The van der Waals surface area contributed by atoms with Crippen molar-refractivity contribution in [1.29, 1.82) is 5.41 Å². The number of carbonyl (C=O) groups is 12. The van der Waals surface area contributed by atoms with Gasteiger partial charge in [-0.25, -0.2) is 0 Å². The Morgan fingerprint density at radius 1 is 0.529 bits per heavy atom. The summed E-state index contributed by atoms with van der Waals surface area (Å²) in [4.78, 5) is 152. The number of amides is 10. The first-order chi connectivity index (χ1) is 32.7. The van der Waals surface area contributed by atoms with Crippen LogP contribution in [0.1, 0.15) is 72.6 Å². The van der Waals surface area contributed by atoms with Gasteiger partial charge in [0.05, 0.1) is 38.6 Å². The SMILES string of the molecule is CSCC[C@H](N)C(=O)N[C@@H](CCCNC(=N)N)C(=O)N[C@@H](CC(N)=O)C(=O)NCC(=O)NCC(=O)N[C@@H](CO)C(=O)N[C@@H](CC(C)C)C(=O)N[C@@H](CC(C)C)C(=O)N[C@@H](CC(=O)O)C(=O)NCC(=O)O. The van der Waals surface area contributed by atoms with Gasteiger partial charge in [-0.15, -0.1) is 0 Å². The monoisotopic (exact) mass is 1020 g/mol. The topological polar surface area (TPSA) is 488 Å². The van der Waals surface area contributed by atoms with Gasteiger partial charge in [-0.2, -0.15) is 11.8 Å². The molecule has 0 heterocycles. The molecule has 396 valence electrons. The Labute approximate surface area is 408 Å². The Bertz CT molecular complexity index is 1860. The lowest BCUT2D eigenvalue weighted by Crippen LogP contribution is -2.59. The summed E-state index contributed by atoms with van der Waals surface area (Å²) in [6.45, 7) is 3.46. The predicted molar refractivity (Wildman–Crippen MR) is 250 cm³/mol. The third-order valence-corrected chi connectivity index (χ3v) is 10.1. The molecule has 20 N–H and O–H groups in total. The fourth-order valence-corrected chi connectivity index (χ4v) is 6.49. The summed E-state index contributed by atoms with van der Waals surface area (Å²) < 4.78 is 0. The van der Waals surface area contributed by atoms with Crippen molar-refractivity contribution in [1.82, 2.24) is 53.2 Å². The summed E-state index contributed by atoms with van der Waals surface area (Å²) in [5.74, 6) is -12.9. The minimum Gasteiger partial charge on any atom is -0.481 e. The Morgan fingerprint density at radius 3 is 1.44 bits per heavy atom. The van der Waals surface area contributed by atoms with Crippen molar-refractivity contribution in [3.63, 3.8) is 0 Å². The van der Waals surface area contributed by atoms with Crippen LogP contribution in [0.2, 0.25) is 0 Å². The van der Waals surface area contributed by atoms with Gasteiger partial charge in [0.15, 0.2) is 5.96 Å². The molecule has 0 aromatic heterocycles. The number of aliphatic hydroxyl groups excluding tert-OH is 1. The summed E-state index contributed by atoms with van der Waals surface area (Å²) in [7, 11) is 0. The fraction of sp³-hybridized carbons (Fsp3) is 0.675. The smallest absolute Gasteiger partial charge is 0.322 e. The quantitative estimate of drug-likeness (QED) is 0.0159. The lowest BCUT2D eigenvalue weighted by Gasteiger charge is -2.27. The van der Waals surface area contributed by atoms with Gasteiger partial charge in [-0.1, -0.05) is 27.7 Å². The lowest BCUT2D eigenvalue weighted by molar-refractivity contribution is -0.142. The molecule has 0 saturated carbocycles. The number of nitrogens with one attached hydrogen (secondary N) is 11. The highest BCUT2D eigenvalue weighted by Gasteiger charge is 2.34. The van der Waals surface area contributed by atoms with E-state index in [0.717, 1.165) is 0 Å². The van der Waals surface area contributed by atoms with Crippen LogP contribution in [0.4, 0.5) is 0 Å². The van der Waals surface area contributed by atoms with Crippen molar-refractivity contribution in [3.8, 4) is 0 Å². The first-order valence-corrected chi connectivity index (χ1v) is 23.4. The average Bonchev–Trinajstić information content (AvgIpc) is 3.26. The number of carboxylic acid groups (broad SMARTS) is 2. The Hall–Kier alpha value is -6.82. The highest BCUT2D eigenvalue weighted by atomic mass is 32.2. The number of hydrogen-bond donors (Lipinski definition) is 17. The van der Waals surface area contributed by atoms with Crippen LogP contribution in [0.5, 0.6) is 0 Å². The molecular weight excluding hydrogens is 949 g/mol. The van der Waals surface area contributed by atoms with Crippen LogP contribution in [0, 0.1) is 17.2 Å². The van der Waals surface area contributed by atoms with Crippen LogP contribution < -0.4 is 70.4 Å². The van der Waals surface area contributed by atoms with Crippen molar-refractivity contribution in [2.45, 2.75) is 115 Å². The number of thioether (sulfide) groups is 1. The zero-order valence-electron chi connectivity index (χ0n) is 39.8. The molecule has 0 fully saturated rings. The fourth-order valence-electron chi connectivity index (χ4n) is 6.00. The van der Waals surface area contributed by atoms with Gasteiger partial charge in [-0.3, -0.25) is 62.9 Å². The number of carboxylic acids is 2. The molecule has 30 heteroatoms. The summed E-state index contributed by atoms with van der Waals surface area (Å²) in [5, 5.41) is 58.4. The second-order valence-electron chi connectivity index (χ2n) is 16.6. The molecule has 70 heavy (non-hydrogen) atoms. The molecule has 0 radical (unpaired) electrons. The molecule has 0 aliphatic carbocycles. The first kappa shape index (κ1) is 63.2. The van der Waals surface area contributed by atoms with Crippen LogP contribution in [0.25, 0.3) is 0 Å². The molecule has 7 atom stereocenters. The van der Waals surface area contributed by atoms with E-state index in [9.17, 15) is 67.7 Å². The molecular formula is C40H70N14O15S. The molecule has 0 spiro atoms. The van der Waals surface area contributed by atoms with E-state index in [-0.39, 0.29) is 50.0 Å². The number of hydrogen-bond acceptors (Lipinski definition) is 16. The molecule has 0 aliphatic rings. The van der Waals surface area contributed by atoms with Crippen molar-refractivity contribution in [2.24, 2.45) is 29.0 Å². The van der Waals surface area contributed by atoms with Crippen LogP contribution in [0.3, 0.4) is 0 Å². The summed E-state index contributed by atoms with van der Waals surface area (Å²) >= 11 is 1.45. The summed E-state index contributed by atoms with van der Waals surface area (Å²) in [6, 6.07) is -10.0. The van der Waals surface area contributed by atoms with E-state index in [2.05, 4.69) is 47.9 Å². The number of guanidine groups is 1. The third kappa shape index (κ3) is 27.9. The minimum atomic E-state index is -1.72. The van der Waals surface area contributed by atoms with E-state index in [1.807, 2.05) is 11.6 Å². The molecule has 10 amide bonds. The highest BCUT2D eigenvalue weighted by Crippen LogP contribution is 2.11. The Balaban J connectivity index is 5.75. The largest absolute Gasteiger partial charge is 0.481 e. The van der Waals surface area contributed by atoms with Crippen LogP contribution in [-0.2, 0) is 57.5 Å². The average molecular weight is 1020 g/mol. The standard InChI is InChI=1S/C40H70N14O15S/c1-19(2)11-23(38(68)54-26(14-31(59)60)35(65)48-17-32(61)62)51-37(67)24(12-20(3)4)52-39(69)27(18-55)49-30(58)16-46-29(57)15-47-34(64)25(13-28(42)56)53-36(66)22(7-6-9-45-40(43)44)50-33(63)21(41)8-10-70-5/h19-27,55H,6-18,41H2,1-5H3,(H2,42,56)(H,46,57)(H,47,64)(H,48,65)(H,49,58)(H,50,63)(H,51,67)(H,52,69)(H,53,66)(H,54,68)(H,59,60)(H,61,62)(H4,43,44,45)/t21-,22-,23-,24-,25-,26-,27-/m0/s1. The normalized spacial score (nSPS) is 13.8. The van der Waals surface area contributed by atoms with Gasteiger partial charge >= 0.3 is 11.9 Å². The van der Waals surface area contributed by atoms with Crippen molar-refractivity contribution < 1.29 is 72.9 Å². The molecule has 0 saturated heterocycles. The number of primary amides is 1. The molecule has 0 aliphatic heterocycles. The van der Waals surface area contributed by atoms with Gasteiger partial charge in [0.25, 0.3) is 0 Å². The second kappa shape index (κ2) is 33.6. The van der Waals surface area contributed by atoms with Crippen molar-refractivity contribution >= 4 is 88.7 Å². The van der Waals surface area contributed by atoms with E-state index in [1.54, 1.807) is 27.7 Å². The zero-order chi connectivity index (χ0) is 53.7. The van der Waals surface area contributed by atoms with E-state index in [4.69, 9.17) is 27.7 Å². The van der Waals surface area contributed by atoms with Crippen LogP contribution in [-0.4, -0.2) is 179 Å². The van der Waals surface area contributed by atoms with Gasteiger partial charge in [-0.05, 0) is 55.9 Å². The number of nitrogens with two attached hydrogens (primary N) is 3. The van der Waals surface area contributed by atoms with E-state index in [1.165, 1.54) is 11.8 Å². The van der Waals surface area contributed by atoms with Crippen molar-refractivity contribution in [3.05, 3.63) is 0 Å². The maximum Gasteiger partial charge on any atom is 0.322 e. The zero-order valence-corrected chi connectivity index (χ0v) is 40.6. The second-order valence-corrected chi connectivity index (χ2v) is 17.6. The van der Waals surface area contributed by atoms with Crippen LogP contribution in [0.15, 0.2) is 0 Å². The van der Waals surface area contributed by atoms with Gasteiger partial charge in [0.1, 0.15) is 42.8 Å². The van der Waals surface area contributed by atoms with Crippen LogP contribution >= 0.6 is 11.8 Å².